The Labute approximate surface area is 151 Å². The van der Waals surface area contributed by atoms with E-state index in [4.69, 9.17) is 5.73 Å². The van der Waals surface area contributed by atoms with Crippen LogP contribution in [-0.2, 0) is 10.2 Å². The largest absolute Gasteiger partial charge is 0.355 e. The zero-order chi connectivity index (χ0) is 17.7. The van der Waals surface area contributed by atoms with Crippen molar-refractivity contribution in [2.75, 3.05) is 6.54 Å². The van der Waals surface area contributed by atoms with E-state index in [0.717, 1.165) is 17.7 Å². The summed E-state index contributed by atoms with van der Waals surface area (Å²) >= 11 is 1.50. The van der Waals surface area contributed by atoms with Crippen molar-refractivity contribution in [1.82, 2.24) is 10.6 Å². The van der Waals surface area contributed by atoms with Gasteiger partial charge in [0.2, 0.25) is 5.91 Å². The summed E-state index contributed by atoms with van der Waals surface area (Å²) in [7, 11) is 0. The Kier molecular flexibility index (Phi) is 5.38. The van der Waals surface area contributed by atoms with Gasteiger partial charge >= 0.3 is 6.03 Å². The topological polar surface area (TPSA) is 84.2 Å². The van der Waals surface area contributed by atoms with Gasteiger partial charge in [-0.15, -0.1) is 11.3 Å². The number of primary amides is 1. The number of benzene rings is 1. The number of carbonyl (C=O) groups is 2. The van der Waals surface area contributed by atoms with Crippen LogP contribution in [0.25, 0.3) is 0 Å². The number of urea groups is 1. The lowest BCUT2D eigenvalue weighted by atomic mass is 9.64. The molecule has 1 aromatic carbocycles. The minimum atomic E-state index is -0.619. The van der Waals surface area contributed by atoms with Crippen LogP contribution in [0.4, 0.5) is 4.79 Å². The number of carbonyl (C=O) groups excluding carboxylic acids is 2. The van der Waals surface area contributed by atoms with Gasteiger partial charge in [0.1, 0.15) is 0 Å². The SMILES string of the molecule is NC(=O)NC(CC(=O)NCC1(c2ccccc2)CCC1)c1cccs1. The van der Waals surface area contributed by atoms with Crippen LogP contribution in [0.2, 0.25) is 0 Å². The minimum absolute atomic E-state index is 0.0481. The fourth-order valence-corrected chi connectivity index (χ4v) is 4.15. The highest BCUT2D eigenvalue weighted by molar-refractivity contribution is 7.10. The number of nitrogens with one attached hydrogen (secondary N) is 2. The highest BCUT2D eigenvalue weighted by atomic mass is 32.1. The smallest absolute Gasteiger partial charge is 0.312 e. The molecule has 4 N–H and O–H groups in total. The van der Waals surface area contributed by atoms with E-state index < -0.39 is 6.03 Å². The first-order valence-corrected chi connectivity index (χ1v) is 9.39. The molecule has 0 spiro atoms. The van der Waals surface area contributed by atoms with Crippen LogP contribution >= 0.6 is 11.3 Å². The third kappa shape index (κ3) is 4.20. The maximum Gasteiger partial charge on any atom is 0.312 e. The molecule has 1 saturated carbocycles. The third-order valence-corrected chi connectivity index (χ3v) is 5.90. The monoisotopic (exact) mass is 357 g/mol. The minimum Gasteiger partial charge on any atom is -0.355 e. The molecule has 1 fully saturated rings. The van der Waals surface area contributed by atoms with Crippen LogP contribution in [0.1, 0.15) is 42.2 Å². The van der Waals surface area contributed by atoms with E-state index in [2.05, 4.69) is 22.8 Å². The summed E-state index contributed by atoms with van der Waals surface area (Å²) in [5, 5.41) is 7.64. The average Bonchev–Trinajstić information content (AvgIpc) is 3.08. The van der Waals surface area contributed by atoms with Gasteiger partial charge < -0.3 is 16.4 Å². The van der Waals surface area contributed by atoms with Crippen molar-refractivity contribution in [2.24, 2.45) is 5.73 Å². The molecule has 3 rings (SSSR count). The van der Waals surface area contributed by atoms with Crippen molar-refractivity contribution >= 4 is 23.3 Å². The van der Waals surface area contributed by atoms with Gasteiger partial charge in [0, 0.05) is 16.8 Å². The lowest BCUT2D eigenvalue weighted by Crippen LogP contribution is -2.46. The van der Waals surface area contributed by atoms with Gasteiger partial charge in [0.15, 0.2) is 0 Å². The fourth-order valence-electron chi connectivity index (χ4n) is 3.37. The van der Waals surface area contributed by atoms with Gasteiger partial charge in [0.25, 0.3) is 0 Å². The van der Waals surface area contributed by atoms with Crippen LogP contribution < -0.4 is 16.4 Å². The Bertz CT molecular complexity index is 712. The molecule has 3 amide bonds. The summed E-state index contributed by atoms with van der Waals surface area (Å²) in [6.07, 6.45) is 3.55. The molecule has 1 unspecified atom stereocenters. The Morgan fingerprint density at radius 1 is 1.16 bits per heavy atom. The number of amides is 3. The zero-order valence-electron chi connectivity index (χ0n) is 14.0. The maximum atomic E-state index is 12.4. The second-order valence-electron chi connectivity index (χ2n) is 6.56. The first-order valence-electron chi connectivity index (χ1n) is 8.51. The summed E-state index contributed by atoms with van der Waals surface area (Å²) in [4.78, 5) is 24.6. The number of hydrogen-bond donors (Lipinski definition) is 3. The first-order chi connectivity index (χ1) is 12.1. The number of hydrogen-bond acceptors (Lipinski definition) is 3. The van der Waals surface area contributed by atoms with E-state index in [1.54, 1.807) is 0 Å². The molecule has 6 heteroatoms. The maximum absolute atomic E-state index is 12.4. The predicted octanol–water partition coefficient (Wildman–Crippen LogP) is 3.09. The van der Waals surface area contributed by atoms with Gasteiger partial charge in [-0.25, -0.2) is 4.79 Å². The summed E-state index contributed by atoms with van der Waals surface area (Å²) in [5.74, 6) is -0.0747. The molecule has 1 aromatic heterocycles. The van der Waals surface area contributed by atoms with Crippen molar-refractivity contribution in [1.29, 1.82) is 0 Å². The standard InChI is InChI=1S/C19H23N3O2S/c20-18(24)22-15(16-8-4-11-25-16)12-17(23)21-13-19(9-5-10-19)14-6-2-1-3-7-14/h1-4,6-8,11,15H,5,9-10,12-13H2,(H,21,23)(H3,20,22,24). The zero-order valence-corrected chi connectivity index (χ0v) is 14.9. The predicted molar refractivity (Wildman–Crippen MR) is 99.4 cm³/mol. The quantitative estimate of drug-likeness (QED) is 0.711. The summed E-state index contributed by atoms with van der Waals surface area (Å²) < 4.78 is 0. The molecule has 25 heavy (non-hydrogen) atoms. The molecule has 1 aliphatic carbocycles. The molecule has 1 aliphatic rings. The van der Waals surface area contributed by atoms with E-state index in [1.807, 2.05) is 35.7 Å². The van der Waals surface area contributed by atoms with E-state index >= 15 is 0 Å². The van der Waals surface area contributed by atoms with E-state index in [-0.39, 0.29) is 23.8 Å². The van der Waals surface area contributed by atoms with E-state index in [9.17, 15) is 9.59 Å². The van der Waals surface area contributed by atoms with Crippen LogP contribution in [0.3, 0.4) is 0 Å². The van der Waals surface area contributed by atoms with Gasteiger partial charge in [0.05, 0.1) is 12.5 Å². The van der Waals surface area contributed by atoms with E-state index in [0.29, 0.717) is 6.54 Å². The average molecular weight is 357 g/mol. The summed E-state index contributed by atoms with van der Waals surface area (Å²) in [6.45, 7) is 0.629. The van der Waals surface area contributed by atoms with E-state index in [1.165, 1.54) is 23.3 Å². The molecular formula is C19H23N3O2S. The Hall–Kier alpha value is -2.34. The highest BCUT2D eigenvalue weighted by Gasteiger charge is 2.38. The van der Waals surface area contributed by atoms with Crippen molar-refractivity contribution in [3.8, 4) is 0 Å². The van der Waals surface area contributed by atoms with Crippen LogP contribution in [0.5, 0.6) is 0 Å². The van der Waals surface area contributed by atoms with Crippen LogP contribution in [-0.4, -0.2) is 18.5 Å². The molecule has 132 valence electrons. The van der Waals surface area contributed by atoms with Crippen LogP contribution in [0.15, 0.2) is 47.8 Å². The van der Waals surface area contributed by atoms with Gasteiger partial charge in [-0.2, -0.15) is 0 Å². The lowest BCUT2D eigenvalue weighted by molar-refractivity contribution is -0.122. The van der Waals surface area contributed by atoms with Crippen molar-refractivity contribution in [2.45, 2.75) is 37.1 Å². The first kappa shape index (κ1) is 17.5. The summed E-state index contributed by atoms with van der Waals surface area (Å²) in [5.41, 5.74) is 6.58. The Morgan fingerprint density at radius 3 is 2.48 bits per heavy atom. The molecule has 2 aromatic rings. The van der Waals surface area contributed by atoms with Crippen molar-refractivity contribution < 1.29 is 9.59 Å². The Morgan fingerprint density at radius 2 is 1.92 bits per heavy atom. The van der Waals surface area contributed by atoms with Gasteiger partial charge in [-0.05, 0) is 29.9 Å². The second kappa shape index (κ2) is 7.70. The fraction of sp³-hybridized carbons (Fsp3) is 0.368. The molecule has 0 radical (unpaired) electrons. The third-order valence-electron chi connectivity index (χ3n) is 4.91. The molecular weight excluding hydrogens is 334 g/mol. The van der Waals surface area contributed by atoms with Crippen molar-refractivity contribution in [3.05, 3.63) is 58.3 Å². The molecule has 0 aliphatic heterocycles. The van der Waals surface area contributed by atoms with Crippen molar-refractivity contribution in [3.63, 3.8) is 0 Å². The number of thiophene rings is 1. The molecule has 0 bridgehead atoms. The second-order valence-corrected chi connectivity index (χ2v) is 7.54. The lowest BCUT2D eigenvalue weighted by Gasteiger charge is -2.42. The summed E-state index contributed by atoms with van der Waals surface area (Å²) in [6, 6.07) is 13.2. The van der Waals surface area contributed by atoms with Gasteiger partial charge in [-0.1, -0.05) is 42.8 Å². The van der Waals surface area contributed by atoms with Crippen LogP contribution in [0, 0.1) is 0 Å². The number of rotatable bonds is 7. The Balaban J connectivity index is 1.60. The molecule has 1 heterocycles. The highest BCUT2D eigenvalue weighted by Crippen LogP contribution is 2.43. The normalized spacial score (nSPS) is 16.5. The number of nitrogens with two attached hydrogens (primary N) is 1. The molecule has 0 saturated heterocycles. The molecule has 5 nitrogen and oxygen atoms in total. The molecule has 1 atom stereocenters. The van der Waals surface area contributed by atoms with Gasteiger partial charge in [-0.3, -0.25) is 4.79 Å².